The van der Waals surface area contributed by atoms with Crippen molar-refractivity contribution in [2.24, 2.45) is 5.92 Å². The average molecular weight is 405 g/mol. The first-order chi connectivity index (χ1) is 10.5. The van der Waals surface area contributed by atoms with Gasteiger partial charge in [-0.05, 0) is 6.42 Å². The van der Waals surface area contributed by atoms with Gasteiger partial charge in [0.05, 0.1) is 30.7 Å². The molecule has 0 aliphatic carbocycles. The predicted molar refractivity (Wildman–Crippen MR) is 70.3 cm³/mol. The summed E-state index contributed by atoms with van der Waals surface area (Å²) in [6.45, 7) is 0. The molecule has 0 spiro atoms. The second kappa shape index (κ2) is 14.9. The minimum absolute atomic E-state index is 0. The predicted octanol–water partition coefficient (Wildman–Crippen LogP) is 4.75. The minimum atomic E-state index is -4.27. The molecule has 0 aliphatic rings. The topological polar surface area (TPSA) is 95.2 Å². The lowest BCUT2D eigenvalue weighted by Gasteiger charge is -2.04. The van der Waals surface area contributed by atoms with Gasteiger partial charge >= 0.3 is 12.4 Å². The van der Waals surface area contributed by atoms with Crippen molar-refractivity contribution in [2.75, 3.05) is 5.33 Å². The van der Waals surface area contributed by atoms with Crippen molar-refractivity contribution in [3.8, 4) is 24.3 Å². The SMILES string of the molecule is FC(F)(F)CCBr.N#CC(C#N)CCC(F)(F)F.N#CCC#N. The molecule has 0 bridgehead atoms. The molecule has 0 unspecified atom stereocenters. The van der Waals surface area contributed by atoms with Crippen LogP contribution in [0.5, 0.6) is 0 Å². The highest BCUT2D eigenvalue weighted by atomic mass is 79.9. The molecule has 23 heavy (non-hydrogen) atoms. The normalized spacial score (nSPS) is 9.74. The van der Waals surface area contributed by atoms with E-state index in [4.69, 9.17) is 21.0 Å². The number of nitriles is 4. The van der Waals surface area contributed by atoms with E-state index in [2.05, 4.69) is 15.9 Å². The first-order valence-electron chi connectivity index (χ1n) is 5.70. The van der Waals surface area contributed by atoms with Crippen LogP contribution in [0.1, 0.15) is 25.7 Å². The van der Waals surface area contributed by atoms with E-state index in [0.29, 0.717) is 0 Å². The molecule has 0 rings (SSSR count). The van der Waals surface area contributed by atoms with Gasteiger partial charge in [0.25, 0.3) is 0 Å². The zero-order valence-corrected chi connectivity index (χ0v) is 13.1. The van der Waals surface area contributed by atoms with Gasteiger partial charge in [0.1, 0.15) is 12.3 Å². The van der Waals surface area contributed by atoms with Gasteiger partial charge in [0.2, 0.25) is 0 Å². The largest absolute Gasteiger partial charge is 0.389 e. The van der Waals surface area contributed by atoms with Crippen LogP contribution in [0.15, 0.2) is 0 Å². The fourth-order valence-corrected chi connectivity index (χ4v) is 1.06. The van der Waals surface area contributed by atoms with Crippen molar-refractivity contribution in [1.82, 2.24) is 0 Å². The lowest BCUT2D eigenvalue weighted by Crippen LogP contribution is -2.09. The molecule has 0 aromatic heterocycles. The highest BCUT2D eigenvalue weighted by Gasteiger charge is 2.28. The highest BCUT2D eigenvalue weighted by Crippen LogP contribution is 2.23. The molecule has 0 aliphatic heterocycles. The van der Waals surface area contributed by atoms with Crippen LogP contribution in [0.3, 0.4) is 0 Å². The summed E-state index contributed by atoms with van der Waals surface area (Å²) in [5.41, 5.74) is 0. The van der Waals surface area contributed by atoms with E-state index in [1.54, 1.807) is 12.1 Å². The van der Waals surface area contributed by atoms with E-state index >= 15 is 0 Å². The zero-order chi connectivity index (χ0) is 18.9. The quantitative estimate of drug-likeness (QED) is 0.500. The summed E-state index contributed by atoms with van der Waals surface area (Å²) in [6, 6.07) is 6.24. The summed E-state index contributed by atoms with van der Waals surface area (Å²) in [5, 5.41) is 31.4. The molecule has 0 atom stereocenters. The van der Waals surface area contributed by atoms with Crippen LogP contribution >= 0.6 is 15.9 Å². The van der Waals surface area contributed by atoms with E-state index in [0.717, 1.165) is 0 Å². The third-order valence-electron chi connectivity index (χ3n) is 1.56. The zero-order valence-electron chi connectivity index (χ0n) is 11.5. The molecule has 4 nitrogen and oxygen atoms in total. The summed E-state index contributed by atoms with van der Waals surface area (Å²) in [7, 11) is 0. The molecule has 11 heteroatoms. The Morgan fingerprint density at radius 1 is 0.783 bits per heavy atom. The number of alkyl halides is 7. The molecular weight excluding hydrogens is 394 g/mol. The van der Waals surface area contributed by atoms with Crippen LogP contribution in [0, 0.1) is 51.2 Å². The van der Waals surface area contributed by atoms with Gasteiger partial charge in [-0.15, -0.1) is 0 Å². The summed E-state index contributed by atoms with van der Waals surface area (Å²) in [4.78, 5) is 0. The molecular formula is C12H11BrF6N4. The third kappa shape index (κ3) is 33.1. The van der Waals surface area contributed by atoms with E-state index < -0.39 is 37.5 Å². The number of hydrogen-bond acceptors (Lipinski definition) is 4. The standard InChI is InChI=1S/C6H5F3N2.C3H4BrF3.C3H2N2/c7-6(8,9)2-1-5(3-10)4-11;4-2-1-3(5,6)7;4-2-1-3-5/h5H,1-2H2;1-2H2;1H2. The lowest BCUT2D eigenvalue weighted by atomic mass is 10.1. The van der Waals surface area contributed by atoms with Crippen LogP contribution in [-0.2, 0) is 0 Å². The van der Waals surface area contributed by atoms with Gasteiger partial charge in [-0.3, -0.25) is 0 Å². The first-order valence-corrected chi connectivity index (χ1v) is 6.82. The number of halogens is 7. The molecule has 0 N–H and O–H groups in total. The van der Waals surface area contributed by atoms with Gasteiger partial charge in [0, 0.05) is 11.8 Å². The molecule has 0 heterocycles. The van der Waals surface area contributed by atoms with Crippen LogP contribution in [0.2, 0.25) is 0 Å². The van der Waals surface area contributed by atoms with Gasteiger partial charge < -0.3 is 0 Å². The van der Waals surface area contributed by atoms with Gasteiger partial charge in [-0.2, -0.15) is 47.4 Å². The Bertz CT molecular complexity index is 435. The smallest absolute Gasteiger partial charge is 0.197 e. The number of hydrogen-bond donors (Lipinski definition) is 0. The third-order valence-corrected chi connectivity index (χ3v) is 1.96. The number of rotatable bonds is 3. The molecule has 0 amide bonds. The first kappa shape index (κ1) is 25.9. The molecule has 0 fully saturated rings. The Balaban J connectivity index is -0.000000286. The van der Waals surface area contributed by atoms with Gasteiger partial charge in [-0.25, -0.2) is 0 Å². The molecule has 0 radical (unpaired) electrons. The average Bonchev–Trinajstić information content (AvgIpc) is 2.39. The van der Waals surface area contributed by atoms with E-state index in [1.807, 2.05) is 0 Å². The van der Waals surface area contributed by atoms with Crippen molar-refractivity contribution in [3.05, 3.63) is 0 Å². The summed E-state index contributed by atoms with van der Waals surface area (Å²) in [6.07, 6.45) is -10.5. The maximum atomic E-state index is 11.5. The van der Waals surface area contributed by atoms with Crippen molar-refractivity contribution in [2.45, 2.75) is 38.0 Å². The monoisotopic (exact) mass is 404 g/mol. The maximum absolute atomic E-state index is 11.5. The van der Waals surface area contributed by atoms with Crippen LogP contribution in [0.25, 0.3) is 0 Å². The fourth-order valence-electron chi connectivity index (χ4n) is 0.608. The van der Waals surface area contributed by atoms with Crippen molar-refractivity contribution in [1.29, 1.82) is 21.0 Å². The molecule has 128 valence electrons. The second-order valence-electron chi connectivity index (χ2n) is 3.51. The Morgan fingerprint density at radius 2 is 1.17 bits per heavy atom. The summed E-state index contributed by atoms with van der Waals surface area (Å²) < 4.78 is 67.5. The van der Waals surface area contributed by atoms with E-state index in [-0.39, 0.29) is 11.8 Å². The summed E-state index contributed by atoms with van der Waals surface area (Å²) >= 11 is 2.67. The summed E-state index contributed by atoms with van der Waals surface area (Å²) in [5.74, 6) is -1.14. The Labute approximate surface area is 137 Å². The lowest BCUT2D eigenvalue weighted by molar-refractivity contribution is -0.136. The highest BCUT2D eigenvalue weighted by molar-refractivity contribution is 9.09. The molecule has 0 aromatic rings. The van der Waals surface area contributed by atoms with E-state index in [9.17, 15) is 26.3 Å². The van der Waals surface area contributed by atoms with Crippen LogP contribution in [-0.4, -0.2) is 17.7 Å². The minimum Gasteiger partial charge on any atom is -0.197 e. The Morgan fingerprint density at radius 3 is 1.30 bits per heavy atom. The molecule has 0 aromatic carbocycles. The van der Waals surface area contributed by atoms with Crippen molar-refractivity contribution in [3.63, 3.8) is 0 Å². The fraction of sp³-hybridized carbons (Fsp3) is 0.667. The molecule has 0 saturated carbocycles. The van der Waals surface area contributed by atoms with E-state index in [1.165, 1.54) is 12.1 Å². The Kier molecular flexibility index (Phi) is 16.8. The second-order valence-corrected chi connectivity index (χ2v) is 4.30. The number of nitrogens with zero attached hydrogens (tertiary/aromatic N) is 4. The van der Waals surface area contributed by atoms with Gasteiger partial charge in [-0.1, -0.05) is 15.9 Å². The van der Waals surface area contributed by atoms with Crippen LogP contribution < -0.4 is 0 Å². The van der Waals surface area contributed by atoms with Crippen molar-refractivity contribution >= 4 is 15.9 Å². The van der Waals surface area contributed by atoms with Gasteiger partial charge in [0.15, 0.2) is 0 Å². The molecule has 0 saturated heterocycles. The van der Waals surface area contributed by atoms with Crippen LogP contribution in [0.4, 0.5) is 26.3 Å². The Hall–Kier alpha value is -1.98. The van der Waals surface area contributed by atoms with Crippen molar-refractivity contribution < 1.29 is 26.3 Å². The maximum Gasteiger partial charge on any atom is 0.389 e.